The molecule has 2 aliphatic rings. The van der Waals surface area contributed by atoms with Gasteiger partial charge in [0.15, 0.2) is 0 Å². The van der Waals surface area contributed by atoms with E-state index in [0.717, 1.165) is 51.1 Å². The van der Waals surface area contributed by atoms with Crippen LogP contribution in [0.2, 0.25) is 0 Å². The molecule has 0 radical (unpaired) electrons. The largest absolute Gasteiger partial charge is 0.354 e. The molecule has 0 saturated carbocycles. The van der Waals surface area contributed by atoms with Crippen molar-refractivity contribution in [2.45, 2.75) is 102 Å². The van der Waals surface area contributed by atoms with Crippen LogP contribution < -0.4 is 10.6 Å². The lowest BCUT2D eigenvalue weighted by molar-refractivity contribution is -0.132. The fourth-order valence-corrected chi connectivity index (χ4v) is 5.54. The monoisotopic (exact) mass is 425 g/mol. The summed E-state index contributed by atoms with van der Waals surface area (Å²) in [5, 5.41) is 6.69. The summed E-state index contributed by atoms with van der Waals surface area (Å²) < 4.78 is 0. The van der Waals surface area contributed by atoms with Gasteiger partial charge in [0, 0.05) is 31.8 Å². The van der Waals surface area contributed by atoms with Crippen molar-refractivity contribution >= 4 is 23.6 Å². The Morgan fingerprint density at radius 2 is 1.76 bits per heavy atom. The molecule has 2 amide bonds. The van der Waals surface area contributed by atoms with Crippen LogP contribution in [0.25, 0.3) is 0 Å². The lowest BCUT2D eigenvalue weighted by Crippen LogP contribution is -2.54. The molecular weight excluding hydrogens is 382 g/mol. The van der Waals surface area contributed by atoms with Crippen LogP contribution in [0.5, 0.6) is 0 Å². The molecule has 0 aliphatic carbocycles. The van der Waals surface area contributed by atoms with E-state index in [2.05, 4.69) is 31.4 Å². The third kappa shape index (κ3) is 8.12. The molecule has 0 aromatic rings. The molecule has 29 heavy (non-hydrogen) atoms. The summed E-state index contributed by atoms with van der Waals surface area (Å²) in [6.45, 7) is 8.94. The van der Waals surface area contributed by atoms with Crippen LogP contribution in [0, 0.1) is 5.92 Å². The van der Waals surface area contributed by atoms with E-state index >= 15 is 0 Å². The number of carbonyl (C=O) groups is 2. The highest BCUT2D eigenvalue weighted by molar-refractivity contribution is 8.01. The molecule has 2 aliphatic heterocycles. The Morgan fingerprint density at radius 3 is 2.41 bits per heavy atom. The predicted molar refractivity (Wildman–Crippen MR) is 123 cm³/mol. The summed E-state index contributed by atoms with van der Waals surface area (Å²) >= 11 is 1.88. The molecule has 0 aromatic carbocycles. The second-order valence-electron chi connectivity index (χ2n) is 9.01. The zero-order chi connectivity index (χ0) is 21.1. The minimum absolute atomic E-state index is 0.0194. The number of amides is 2. The highest BCUT2D eigenvalue weighted by Gasteiger charge is 2.44. The Bertz CT molecular complexity index is 506. The van der Waals surface area contributed by atoms with Gasteiger partial charge in [0.1, 0.15) is 0 Å². The Balaban J connectivity index is 1.63. The fourth-order valence-electron chi connectivity index (χ4n) is 4.12. The summed E-state index contributed by atoms with van der Waals surface area (Å²) in [5.74, 6) is 1.80. The number of nitrogens with zero attached hydrogens (tertiary/aromatic N) is 1. The van der Waals surface area contributed by atoms with E-state index in [1.54, 1.807) is 0 Å². The van der Waals surface area contributed by atoms with E-state index in [1.807, 2.05) is 16.7 Å². The molecular formula is C23H43N3O2S. The second kappa shape index (κ2) is 12.8. The van der Waals surface area contributed by atoms with Crippen molar-refractivity contribution in [1.29, 1.82) is 0 Å². The van der Waals surface area contributed by atoms with Gasteiger partial charge in [-0.1, -0.05) is 65.7 Å². The summed E-state index contributed by atoms with van der Waals surface area (Å²) in [7, 11) is 0. The average Bonchev–Trinajstić information content (AvgIpc) is 3.15. The van der Waals surface area contributed by atoms with Crippen LogP contribution in [0.4, 0.5) is 0 Å². The van der Waals surface area contributed by atoms with Gasteiger partial charge in [-0.15, -0.1) is 11.8 Å². The molecule has 2 atom stereocenters. The van der Waals surface area contributed by atoms with E-state index in [0.29, 0.717) is 18.2 Å². The van der Waals surface area contributed by atoms with Crippen molar-refractivity contribution in [2.24, 2.45) is 5.92 Å². The second-order valence-corrected chi connectivity index (χ2v) is 10.4. The molecule has 2 rings (SSSR count). The smallest absolute Gasteiger partial charge is 0.238 e. The third-order valence-corrected chi connectivity index (χ3v) is 8.10. The van der Waals surface area contributed by atoms with Crippen LogP contribution in [0.1, 0.15) is 91.4 Å². The van der Waals surface area contributed by atoms with E-state index in [-0.39, 0.29) is 16.8 Å². The van der Waals surface area contributed by atoms with E-state index in [9.17, 15) is 9.59 Å². The van der Waals surface area contributed by atoms with Gasteiger partial charge < -0.3 is 10.2 Å². The summed E-state index contributed by atoms with van der Waals surface area (Å²) in [4.78, 5) is 27.0. The van der Waals surface area contributed by atoms with Crippen LogP contribution in [-0.4, -0.2) is 53.0 Å². The number of hydrogen-bond acceptors (Lipinski definition) is 4. The SMILES string of the molecule is CCCCCCCCCC(=O)N1CCC2(CC1)NC(C(=O)NCC(C)CC)CS2. The van der Waals surface area contributed by atoms with Crippen LogP contribution in [-0.2, 0) is 9.59 Å². The van der Waals surface area contributed by atoms with Crippen molar-refractivity contribution in [1.82, 2.24) is 15.5 Å². The molecule has 1 spiro atoms. The molecule has 2 saturated heterocycles. The first-order chi connectivity index (χ1) is 14.0. The maximum atomic E-state index is 12.5. The number of carbonyl (C=O) groups excluding carboxylic acids is 2. The first-order valence-electron chi connectivity index (χ1n) is 12.0. The lowest BCUT2D eigenvalue weighted by atomic mass is 10.0. The summed E-state index contributed by atoms with van der Waals surface area (Å²) in [6.07, 6.45) is 12.4. The van der Waals surface area contributed by atoms with Gasteiger partial charge in [0.25, 0.3) is 0 Å². The number of unbranched alkanes of at least 4 members (excludes halogenated alkanes) is 6. The van der Waals surface area contributed by atoms with Crippen LogP contribution in [0.3, 0.4) is 0 Å². The number of nitrogens with one attached hydrogen (secondary N) is 2. The molecule has 2 N–H and O–H groups in total. The number of rotatable bonds is 12. The van der Waals surface area contributed by atoms with Crippen LogP contribution >= 0.6 is 11.8 Å². The number of thioether (sulfide) groups is 1. The zero-order valence-electron chi connectivity index (χ0n) is 18.9. The van der Waals surface area contributed by atoms with Crippen molar-refractivity contribution in [3.8, 4) is 0 Å². The van der Waals surface area contributed by atoms with Crippen molar-refractivity contribution < 1.29 is 9.59 Å². The Morgan fingerprint density at radius 1 is 1.10 bits per heavy atom. The van der Waals surface area contributed by atoms with E-state index in [4.69, 9.17) is 0 Å². The topological polar surface area (TPSA) is 61.4 Å². The molecule has 0 aromatic heterocycles. The molecule has 2 unspecified atom stereocenters. The summed E-state index contributed by atoms with van der Waals surface area (Å²) in [5.41, 5.74) is 0. The maximum Gasteiger partial charge on any atom is 0.238 e. The third-order valence-electron chi connectivity index (χ3n) is 6.52. The van der Waals surface area contributed by atoms with Gasteiger partial charge in [-0.25, -0.2) is 0 Å². The minimum Gasteiger partial charge on any atom is -0.354 e. The quantitative estimate of drug-likeness (QED) is 0.457. The minimum atomic E-state index is -0.0981. The predicted octanol–water partition coefficient (Wildman–Crippen LogP) is 4.31. The molecule has 6 heteroatoms. The van der Waals surface area contributed by atoms with E-state index in [1.165, 1.54) is 38.5 Å². The number of piperidine rings is 1. The molecule has 0 bridgehead atoms. The van der Waals surface area contributed by atoms with Crippen LogP contribution in [0.15, 0.2) is 0 Å². The number of hydrogen-bond donors (Lipinski definition) is 2. The van der Waals surface area contributed by atoms with Crippen molar-refractivity contribution in [2.75, 3.05) is 25.4 Å². The highest BCUT2D eigenvalue weighted by atomic mass is 32.2. The van der Waals surface area contributed by atoms with Crippen molar-refractivity contribution in [3.63, 3.8) is 0 Å². The number of likely N-dealkylation sites (tertiary alicyclic amines) is 1. The fraction of sp³-hybridized carbons (Fsp3) is 0.913. The van der Waals surface area contributed by atoms with Gasteiger partial charge in [0.05, 0.1) is 10.9 Å². The van der Waals surface area contributed by atoms with Gasteiger partial charge in [0.2, 0.25) is 11.8 Å². The normalized spacial score (nSPS) is 22.0. The first-order valence-corrected chi connectivity index (χ1v) is 13.0. The standard InChI is InChI=1S/C23H43N3O2S/c1-4-6-7-8-9-10-11-12-21(27)26-15-13-23(14-16-26)25-20(18-29-23)22(28)24-17-19(3)5-2/h19-20,25H,4-18H2,1-3H3,(H,24,28). The first kappa shape index (κ1) is 24.5. The molecule has 5 nitrogen and oxygen atoms in total. The molecule has 2 heterocycles. The van der Waals surface area contributed by atoms with Crippen molar-refractivity contribution in [3.05, 3.63) is 0 Å². The Hall–Kier alpha value is -0.750. The van der Waals surface area contributed by atoms with Gasteiger partial charge in [-0.05, 0) is 25.2 Å². The van der Waals surface area contributed by atoms with Gasteiger partial charge in [-0.2, -0.15) is 0 Å². The average molecular weight is 426 g/mol. The van der Waals surface area contributed by atoms with E-state index < -0.39 is 0 Å². The Labute approximate surface area is 182 Å². The lowest BCUT2D eigenvalue weighted by Gasteiger charge is -2.39. The van der Waals surface area contributed by atoms with Gasteiger partial charge in [-0.3, -0.25) is 14.9 Å². The highest BCUT2D eigenvalue weighted by Crippen LogP contribution is 2.39. The molecule has 168 valence electrons. The Kier molecular flexibility index (Phi) is 10.9. The maximum absolute atomic E-state index is 12.5. The zero-order valence-corrected chi connectivity index (χ0v) is 19.7. The molecule has 2 fully saturated rings. The summed E-state index contributed by atoms with van der Waals surface area (Å²) in [6, 6.07) is -0.0981. The van der Waals surface area contributed by atoms with Gasteiger partial charge >= 0.3 is 0 Å².